The summed E-state index contributed by atoms with van der Waals surface area (Å²) in [5.74, 6) is 0.683. The van der Waals surface area contributed by atoms with Crippen LogP contribution in [0.5, 0.6) is 0 Å². The van der Waals surface area contributed by atoms with Crippen LogP contribution in [0.25, 0.3) is 0 Å². The van der Waals surface area contributed by atoms with Crippen molar-refractivity contribution in [1.82, 2.24) is 10.1 Å². The number of nitrogens with zero attached hydrogens (tertiary/aromatic N) is 2. The Morgan fingerprint density at radius 2 is 2.17 bits per heavy atom. The van der Waals surface area contributed by atoms with Crippen LogP contribution in [-0.4, -0.2) is 54.5 Å². The summed E-state index contributed by atoms with van der Waals surface area (Å²) < 4.78 is 10.1. The lowest BCUT2D eigenvalue weighted by atomic mass is 10.1. The van der Waals surface area contributed by atoms with E-state index in [1.165, 1.54) is 0 Å². The number of hydrogen-bond donors (Lipinski definition) is 1. The summed E-state index contributed by atoms with van der Waals surface area (Å²) in [6.45, 7) is 4.84. The summed E-state index contributed by atoms with van der Waals surface area (Å²) in [6, 6.07) is 0. The van der Waals surface area contributed by atoms with E-state index in [2.05, 4.69) is 5.16 Å². The van der Waals surface area contributed by atoms with Crippen LogP contribution in [-0.2, 0) is 16.0 Å². The van der Waals surface area contributed by atoms with Crippen molar-refractivity contribution in [2.45, 2.75) is 20.3 Å². The maximum Gasteiger partial charge on any atom is 0.227 e. The van der Waals surface area contributed by atoms with E-state index in [1.54, 1.807) is 18.9 Å². The fraction of sp³-hybridized carbons (Fsp3) is 0.667. The molecular weight excluding hydrogens is 236 g/mol. The zero-order chi connectivity index (χ0) is 13.5. The van der Waals surface area contributed by atoms with E-state index in [1.807, 2.05) is 6.92 Å². The van der Waals surface area contributed by atoms with Crippen molar-refractivity contribution in [1.29, 1.82) is 0 Å². The molecule has 0 bridgehead atoms. The van der Waals surface area contributed by atoms with Gasteiger partial charge in [0.05, 0.1) is 31.9 Å². The number of carbonyl (C=O) groups excluding carboxylic acids is 1. The third-order valence-corrected chi connectivity index (χ3v) is 2.74. The summed E-state index contributed by atoms with van der Waals surface area (Å²) in [6.07, 6.45) is 0.289. The molecule has 0 unspecified atom stereocenters. The van der Waals surface area contributed by atoms with Crippen LogP contribution in [0.1, 0.15) is 17.0 Å². The highest BCUT2D eigenvalue weighted by Gasteiger charge is 2.16. The highest BCUT2D eigenvalue weighted by Crippen LogP contribution is 2.13. The van der Waals surface area contributed by atoms with Crippen LogP contribution in [0.2, 0.25) is 0 Å². The van der Waals surface area contributed by atoms with Gasteiger partial charge in [-0.2, -0.15) is 0 Å². The van der Waals surface area contributed by atoms with Crippen molar-refractivity contribution >= 4 is 5.91 Å². The lowest BCUT2D eigenvalue weighted by Gasteiger charge is -2.16. The summed E-state index contributed by atoms with van der Waals surface area (Å²) in [7, 11) is 1.73. The monoisotopic (exact) mass is 256 g/mol. The van der Waals surface area contributed by atoms with E-state index < -0.39 is 0 Å². The number of aromatic nitrogens is 1. The fourth-order valence-electron chi connectivity index (χ4n) is 1.53. The maximum absolute atomic E-state index is 11.9. The minimum Gasteiger partial charge on any atom is -0.394 e. The third kappa shape index (κ3) is 4.12. The normalized spacial score (nSPS) is 10.7. The Bertz CT molecular complexity index is 370. The zero-order valence-corrected chi connectivity index (χ0v) is 11.1. The smallest absolute Gasteiger partial charge is 0.227 e. The second-order valence-corrected chi connectivity index (χ2v) is 4.13. The molecule has 102 valence electrons. The Morgan fingerprint density at radius 1 is 1.44 bits per heavy atom. The average Bonchev–Trinajstić information content (AvgIpc) is 2.66. The molecule has 1 aromatic rings. The first kappa shape index (κ1) is 14.7. The van der Waals surface area contributed by atoms with Crippen molar-refractivity contribution in [3.8, 4) is 0 Å². The third-order valence-electron chi connectivity index (χ3n) is 2.74. The van der Waals surface area contributed by atoms with Crippen LogP contribution in [0.3, 0.4) is 0 Å². The van der Waals surface area contributed by atoms with E-state index >= 15 is 0 Å². The molecule has 18 heavy (non-hydrogen) atoms. The lowest BCUT2D eigenvalue weighted by molar-refractivity contribution is -0.129. The van der Waals surface area contributed by atoms with Crippen molar-refractivity contribution in [3.05, 3.63) is 17.0 Å². The molecule has 0 saturated heterocycles. The van der Waals surface area contributed by atoms with Gasteiger partial charge in [0.15, 0.2) is 0 Å². The standard InChI is InChI=1S/C12H20N2O4/c1-9-11(10(2)18-13-9)8-12(16)14(3)4-6-17-7-5-15/h15H,4-8H2,1-3H3. The number of hydrogen-bond acceptors (Lipinski definition) is 5. The summed E-state index contributed by atoms with van der Waals surface area (Å²) in [5, 5.41) is 12.4. The number of ether oxygens (including phenoxy) is 1. The summed E-state index contributed by atoms with van der Waals surface area (Å²) in [5.41, 5.74) is 1.61. The first-order valence-corrected chi connectivity index (χ1v) is 5.90. The molecule has 1 amide bonds. The fourth-order valence-corrected chi connectivity index (χ4v) is 1.53. The molecule has 0 radical (unpaired) electrons. The molecular formula is C12H20N2O4. The molecule has 0 aliphatic carbocycles. The molecule has 6 nitrogen and oxygen atoms in total. The van der Waals surface area contributed by atoms with Gasteiger partial charge in [0.1, 0.15) is 5.76 Å². The van der Waals surface area contributed by atoms with Crippen LogP contribution in [0.15, 0.2) is 4.52 Å². The predicted octanol–water partition coefficient (Wildman–Crippen LogP) is 0.301. The number of likely N-dealkylation sites (N-methyl/N-ethyl adjacent to an activating group) is 1. The quantitative estimate of drug-likeness (QED) is 0.710. The van der Waals surface area contributed by atoms with Crippen molar-refractivity contribution < 1.29 is 19.2 Å². The molecule has 0 aliphatic rings. The first-order valence-electron chi connectivity index (χ1n) is 5.90. The number of aryl methyl sites for hydroxylation is 2. The van der Waals surface area contributed by atoms with E-state index in [0.29, 0.717) is 25.5 Å². The number of rotatable bonds is 7. The SMILES string of the molecule is Cc1noc(C)c1CC(=O)N(C)CCOCCO. The van der Waals surface area contributed by atoms with Gasteiger partial charge in [-0.25, -0.2) is 0 Å². The topological polar surface area (TPSA) is 75.8 Å². The van der Waals surface area contributed by atoms with Gasteiger partial charge < -0.3 is 19.3 Å². The molecule has 0 spiro atoms. The number of carbonyl (C=O) groups is 1. The van der Waals surface area contributed by atoms with Crippen molar-refractivity contribution in [3.63, 3.8) is 0 Å². The Kier molecular flexibility index (Phi) is 5.80. The minimum absolute atomic E-state index is 0.00278. The van der Waals surface area contributed by atoms with E-state index in [0.717, 1.165) is 11.3 Å². The molecule has 1 rings (SSSR count). The molecule has 0 atom stereocenters. The van der Waals surface area contributed by atoms with Crippen LogP contribution in [0.4, 0.5) is 0 Å². The largest absolute Gasteiger partial charge is 0.394 e. The van der Waals surface area contributed by atoms with E-state index in [9.17, 15) is 4.79 Å². The molecule has 1 N–H and O–H groups in total. The highest BCUT2D eigenvalue weighted by molar-refractivity contribution is 5.78. The Morgan fingerprint density at radius 3 is 2.72 bits per heavy atom. The van der Waals surface area contributed by atoms with Gasteiger partial charge in [-0.05, 0) is 13.8 Å². The van der Waals surface area contributed by atoms with Gasteiger partial charge >= 0.3 is 0 Å². The van der Waals surface area contributed by atoms with Crippen LogP contribution < -0.4 is 0 Å². The molecule has 0 aromatic carbocycles. The number of amides is 1. The van der Waals surface area contributed by atoms with E-state index in [-0.39, 0.29) is 18.9 Å². The van der Waals surface area contributed by atoms with Crippen molar-refractivity contribution in [2.75, 3.05) is 33.4 Å². The predicted molar refractivity (Wildman–Crippen MR) is 65.2 cm³/mol. The number of aliphatic hydroxyl groups excluding tert-OH is 1. The second kappa shape index (κ2) is 7.13. The van der Waals surface area contributed by atoms with E-state index in [4.69, 9.17) is 14.4 Å². The van der Waals surface area contributed by atoms with Crippen LogP contribution >= 0.6 is 0 Å². The highest BCUT2D eigenvalue weighted by atomic mass is 16.5. The molecule has 0 saturated carbocycles. The molecule has 1 heterocycles. The van der Waals surface area contributed by atoms with Gasteiger partial charge in [0.25, 0.3) is 0 Å². The minimum atomic E-state index is -0.00324. The van der Waals surface area contributed by atoms with Crippen LogP contribution in [0, 0.1) is 13.8 Å². The van der Waals surface area contributed by atoms with Crippen molar-refractivity contribution in [2.24, 2.45) is 0 Å². The summed E-state index contributed by atoms with van der Waals surface area (Å²) >= 11 is 0. The lowest BCUT2D eigenvalue weighted by Crippen LogP contribution is -2.31. The first-order chi connectivity index (χ1) is 8.56. The second-order valence-electron chi connectivity index (χ2n) is 4.13. The average molecular weight is 256 g/mol. The molecule has 0 aliphatic heterocycles. The Balaban J connectivity index is 2.40. The Hall–Kier alpha value is -1.40. The number of aliphatic hydroxyl groups is 1. The summed E-state index contributed by atoms with van der Waals surface area (Å²) in [4.78, 5) is 13.5. The van der Waals surface area contributed by atoms with Gasteiger partial charge in [-0.1, -0.05) is 5.16 Å². The van der Waals surface area contributed by atoms with Gasteiger partial charge in [-0.15, -0.1) is 0 Å². The van der Waals surface area contributed by atoms with Gasteiger partial charge in [-0.3, -0.25) is 4.79 Å². The molecule has 6 heteroatoms. The Labute approximate surface area is 107 Å². The van der Waals surface area contributed by atoms with Gasteiger partial charge in [0.2, 0.25) is 5.91 Å². The molecule has 1 aromatic heterocycles. The zero-order valence-electron chi connectivity index (χ0n) is 11.1. The maximum atomic E-state index is 11.9. The van der Waals surface area contributed by atoms with Gasteiger partial charge in [0, 0.05) is 19.2 Å². The molecule has 0 fully saturated rings.